The third kappa shape index (κ3) is 3.23. The average molecular weight is 376 g/mol. The largest absolute Gasteiger partial charge is 0.460 e. The van der Waals surface area contributed by atoms with Crippen molar-refractivity contribution in [2.24, 2.45) is 5.11 Å². The number of azide groups is 1. The molecule has 0 amide bonds. The molecular formula is C15H20N8O4. The van der Waals surface area contributed by atoms with E-state index in [-0.39, 0.29) is 24.5 Å². The number of hydrogen-bond acceptors (Lipinski definition) is 9. The van der Waals surface area contributed by atoms with Gasteiger partial charge in [0.15, 0.2) is 23.2 Å². The summed E-state index contributed by atoms with van der Waals surface area (Å²) in [5.74, 6) is 0.158. The maximum absolute atomic E-state index is 10.4. The van der Waals surface area contributed by atoms with E-state index in [4.69, 9.17) is 20.7 Å². The summed E-state index contributed by atoms with van der Waals surface area (Å²) in [4.78, 5) is 15.4. The van der Waals surface area contributed by atoms with Gasteiger partial charge in [-0.05, 0) is 31.2 Å². The topological polar surface area (TPSA) is 177 Å². The van der Waals surface area contributed by atoms with Gasteiger partial charge in [0.1, 0.15) is 18.3 Å². The molecule has 2 aromatic heterocycles. The number of imidazole rings is 1. The molecule has 144 valence electrons. The molecule has 3 heterocycles. The lowest BCUT2D eigenvalue weighted by molar-refractivity contribution is -0.0322. The molecule has 4 rings (SSSR count). The van der Waals surface area contributed by atoms with Crippen molar-refractivity contribution < 1.29 is 19.7 Å². The zero-order chi connectivity index (χ0) is 19.0. The van der Waals surface area contributed by atoms with Gasteiger partial charge in [-0.3, -0.25) is 4.57 Å². The molecule has 0 spiro atoms. The predicted octanol–water partition coefficient (Wildman–Crippen LogP) is 0.659. The van der Waals surface area contributed by atoms with E-state index in [1.807, 2.05) is 0 Å². The second kappa shape index (κ2) is 7.16. The number of anilines is 1. The first kappa shape index (κ1) is 17.7. The smallest absolute Gasteiger partial charge is 0.320 e. The van der Waals surface area contributed by atoms with E-state index in [0.717, 1.165) is 25.7 Å². The summed E-state index contributed by atoms with van der Waals surface area (Å²) in [6.07, 6.45) is 1.29. The molecule has 0 radical (unpaired) electrons. The summed E-state index contributed by atoms with van der Waals surface area (Å²) in [6.45, 7) is -0.106. The lowest BCUT2D eigenvalue weighted by Crippen LogP contribution is -2.32. The summed E-state index contributed by atoms with van der Waals surface area (Å²) in [5, 5.41) is 23.9. The molecule has 1 saturated carbocycles. The van der Waals surface area contributed by atoms with Gasteiger partial charge in [-0.2, -0.15) is 9.97 Å². The fraction of sp³-hybridized carbons (Fsp3) is 0.667. The maximum atomic E-state index is 10.4. The van der Waals surface area contributed by atoms with E-state index in [9.17, 15) is 10.2 Å². The molecule has 12 heteroatoms. The van der Waals surface area contributed by atoms with Gasteiger partial charge in [0, 0.05) is 4.91 Å². The second-order valence-electron chi connectivity index (χ2n) is 6.70. The van der Waals surface area contributed by atoms with Crippen LogP contribution in [0, 0.1) is 0 Å². The molecule has 0 unspecified atom stereocenters. The average Bonchev–Trinajstić information content (AvgIpc) is 3.36. The Morgan fingerprint density at radius 2 is 2.11 bits per heavy atom. The quantitative estimate of drug-likeness (QED) is 0.387. The number of aliphatic hydroxyl groups excluding tert-OH is 2. The summed E-state index contributed by atoms with van der Waals surface area (Å²) < 4.78 is 13.0. The van der Waals surface area contributed by atoms with Gasteiger partial charge in [0.25, 0.3) is 0 Å². The SMILES string of the molecule is [N-]=[N+]=NC[C@H]1O[C@@H](n2cnc3c(N)nc(OC4CCCC4)nc32)[C@H](O)[C@@H]1O. The molecule has 27 heavy (non-hydrogen) atoms. The van der Waals surface area contributed by atoms with Crippen LogP contribution in [0.25, 0.3) is 21.6 Å². The Morgan fingerprint density at radius 1 is 1.33 bits per heavy atom. The summed E-state index contributed by atoms with van der Waals surface area (Å²) >= 11 is 0. The van der Waals surface area contributed by atoms with E-state index in [1.54, 1.807) is 0 Å². The molecule has 1 aliphatic heterocycles. The van der Waals surface area contributed by atoms with Gasteiger partial charge in [0.05, 0.1) is 19.0 Å². The van der Waals surface area contributed by atoms with Crippen molar-refractivity contribution in [2.45, 2.75) is 56.3 Å². The zero-order valence-electron chi connectivity index (χ0n) is 14.4. The normalized spacial score (nSPS) is 28.5. The molecule has 2 aromatic rings. The molecule has 0 bridgehead atoms. The fourth-order valence-electron chi connectivity index (χ4n) is 3.54. The van der Waals surface area contributed by atoms with E-state index >= 15 is 0 Å². The Hall–Kier alpha value is -2.66. The minimum atomic E-state index is -1.25. The number of aliphatic hydroxyl groups is 2. The summed E-state index contributed by atoms with van der Waals surface area (Å²) in [7, 11) is 0. The number of fused-ring (bicyclic) bond motifs is 1. The van der Waals surface area contributed by atoms with Crippen LogP contribution >= 0.6 is 0 Å². The van der Waals surface area contributed by atoms with Gasteiger partial charge < -0.3 is 25.4 Å². The number of nitrogens with zero attached hydrogens (tertiary/aromatic N) is 7. The monoisotopic (exact) mass is 376 g/mol. The minimum absolute atomic E-state index is 0.0570. The summed E-state index contributed by atoms with van der Waals surface area (Å²) in [5.41, 5.74) is 15.1. The highest BCUT2D eigenvalue weighted by molar-refractivity contribution is 5.82. The van der Waals surface area contributed by atoms with Crippen LogP contribution in [0.1, 0.15) is 31.9 Å². The lowest BCUT2D eigenvalue weighted by Gasteiger charge is -2.17. The number of rotatable bonds is 5. The van der Waals surface area contributed by atoms with Crippen LogP contribution < -0.4 is 10.5 Å². The van der Waals surface area contributed by atoms with Crippen LogP contribution in [0.15, 0.2) is 11.4 Å². The van der Waals surface area contributed by atoms with Crippen LogP contribution in [0.3, 0.4) is 0 Å². The third-order valence-corrected chi connectivity index (χ3v) is 4.94. The van der Waals surface area contributed by atoms with E-state index in [1.165, 1.54) is 10.9 Å². The molecule has 4 atom stereocenters. The maximum Gasteiger partial charge on any atom is 0.320 e. The van der Waals surface area contributed by atoms with Crippen molar-refractivity contribution >= 4 is 17.0 Å². The van der Waals surface area contributed by atoms with E-state index in [0.29, 0.717) is 11.2 Å². The minimum Gasteiger partial charge on any atom is -0.460 e. The fourth-order valence-corrected chi connectivity index (χ4v) is 3.54. The Kier molecular flexibility index (Phi) is 4.70. The van der Waals surface area contributed by atoms with Crippen molar-refractivity contribution in [1.29, 1.82) is 0 Å². The third-order valence-electron chi connectivity index (χ3n) is 4.94. The van der Waals surface area contributed by atoms with Crippen LogP contribution in [-0.2, 0) is 4.74 Å². The van der Waals surface area contributed by atoms with Crippen LogP contribution in [0.4, 0.5) is 5.82 Å². The van der Waals surface area contributed by atoms with Crippen LogP contribution in [-0.4, -0.2) is 60.7 Å². The molecule has 0 aromatic carbocycles. The molecule has 2 fully saturated rings. The van der Waals surface area contributed by atoms with Crippen LogP contribution in [0.2, 0.25) is 0 Å². The molecule has 12 nitrogen and oxygen atoms in total. The van der Waals surface area contributed by atoms with Crippen molar-refractivity contribution in [1.82, 2.24) is 19.5 Å². The first-order valence-electron chi connectivity index (χ1n) is 8.77. The second-order valence-corrected chi connectivity index (χ2v) is 6.70. The van der Waals surface area contributed by atoms with Crippen molar-refractivity contribution in [3.05, 3.63) is 16.8 Å². The molecule has 2 aliphatic rings. The van der Waals surface area contributed by atoms with Gasteiger partial charge in [-0.15, -0.1) is 0 Å². The standard InChI is InChI=1S/C15H20N8O4/c16-12-9-13(21-15(20-12)26-7-3-1-2-4-7)23(6-18-9)14-11(25)10(24)8(27-14)5-19-22-17/h6-8,10-11,14,24-25H,1-5H2,(H2,16,20,21)/t8-,10-,11-,14-/m1/s1. The Bertz CT molecular complexity index is 876. The molecule has 1 aliphatic carbocycles. The highest BCUT2D eigenvalue weighted by Crippen LogP contribution is 2.33. The molecule has 1 saturated heterocycles. The van der Waals surface area contributed by atoms with Gasteiger partial charge >= 0.3 is 6.01 Å². The zero-order valence-corrected chi connectivity index (χ0v) is 14.4. The molecular weight excluding hydrogens is 356 g/mol. The van der Waals surface area contributed by atoms with Gasteiger partial charge in [0.2, 0.25) is 0 Å². The number of aromatic nitrogens is 4. The predicted molar refractivity (Wildman–Crippen MR) is 92.6 cm³/mol. The lowest BCUT2D eigenvalue weighted by atomic mass is 10.1. The molecule has 4 N–H and O–H groups in total. The van der Waals surface area contributed by atoms with Crippen molar-refractivity contribution in [3.8, 4) is 6.01 Å². The van der Waals surface area contributed by atoms with Crippen molar-refractivity contribution in [2.75, 3.05) is 12.3 Å². The van der Waals surface area contributed by atoms with E-state index in [2.05, 4.69) is 25.0 Å². The Labute approximate surface area is 153 Å². The highest BCUT2D eigenvalue weighted by atomic mass is 16.6. The number of hydrogen-bond donors (Lipinski definition) is 3. The van der Waals surface area contributed by atoms with Gasteiger partial charge in [-0.25, -0.2) is 4.98 Å². The highest BCUT2D eigenvalue weighted by Gasteiger charge is 2.44. The number of ether oxygens (including phenoxy) is 2. The number of nitrogens with two attached hydrogens (primary N) is 1. The first-order valence-corrected chi connectivity index (χ1v) is 8.77. The Balaban J connectivity index is 1.65. The van der Waals surface area contributed by atoms with Crippen LogP contribution in [0.5, 0.6) is 6.01 Å². The van der Waals surface area contributed by atoms with Crippen molar-refractivity contribution in [3.63, 3.8) is 0 Å². The Morgan fingerprint density at radius 3 is 2.85 bits per heavy atom. The van der Waals surface area contributed by atoms with Gasteiger partial charge in [-0.1, -0.05) is 5.11 Å². The number of nitrogen functional groups attached to an aromatic ring is 1. The summed E-state index contributed by atoms with van der Waals surface area (Å²) in [6, 6.07) is 0.146. The van der Waals surface area contributed by atoms with E-state index < -0.39 is 24.5 Å². The first-order chi connectivity index (χ1) is 13.1.